The molecule has 1 aromatic rings. The number of hydrogen-bond donors (Lipinski definition) is 0. The van der Waals surface area contributed by atoms with Gasteiger partial charge in [0.05, 0.1) is 17.7 Å². The molecule has 0 N–H and O–H groups in total. The normalized spacial score (nSPS) is 15.9. The summed E-state index contributed by atoms with van der Waals surface area (Å²) in [6, 6.07) is 4.10. The number of carbonyl (C=O) groups excluding carboxylic acids is 2. The van der Waals surface area contributed by atoms with Crippen LogP contribution in [-0.4, -0.2) is 45.7 Å². The highest BCUT2D eigenvalue weighted by Crippen LogP contribution is 2.34. The van der Waals surface area contributed by atoms with Crippen molar-refractivity contribution in [2.24, 2.45) is 0 Å². The fraction of sp³-hybridized carbons (Fsp3) is 0.385. The van der Waals surface area contributed by atoms with Crippen LogP contribution in [-0.2, 0) is 19.6 Å². The van der Waals surface area contributed by atoms with Crippen LogP contribution in [0.25, 0.3) is 0 Å². The second-order valence-corrected chi connectivity index (χ2v) is 6.90. The summed E-state index contributed by atoms with van der Waals surface area (Å²) in [6.07, 6.45) is 0.235. The van der Waals surface area contributed by atoms with Crippen molar-refractivity contribution >= 4 is 27.5 Å². The van der Waals surface area contributed by atoms with Crippen LogP contribution in [0.4, 0.5) is 5.69 Å². The molecule has 1 aliphatic heterocycles. The van der Waals surface area contributed by atoms with E-state index in [1.165, 1.54) is 39.4 Å². The van der Waals surface area contributed by atoms with Crippen LogP contribution >= 0.6 is 0 Å². The predicted molar refractivity (Wildman–Crippen MR) is 75.6 cm³/mol. The summed E-state index contributed by atoms with van der Waals surface area (Å²) in [5, 5.41) is 0. The summed E-state index contributed by atoms with van der Waals surface area (Å²) < 4.78 is 30.5. The number of hydrogen-bond acceptors (Lipinski definition) is 5. The van der Waals surface area contributed by atoms with Crippen molar-refractivity contribution in [1.82, 2.24) is 4.31 Å². The van der Waals surface area contributed by atoms with Gasteiger partial charge in [-0.25, -0.2) is 17.6 Å². The first-order valence-corrected chi connectivity index (χ1v) is 7.69. The van der Waals surface area contributed by atoms with Gasteiger partial charge in [0.25, 0.3) is 0 Å². The largest absolute Gasteiger partial charge is 0.495 e. The molecule has 1 fully saturated rings. The lowest BCUT2D eigenvalue weighted by atomic mass is 10.2. The van der Waals surface area contributed by atoms with Gasteiger partial charge in [0.15, 0.2) is 0 Å². The molecule has 1 aromatic carbocycles. The number of rotatable bonds is 4. The van der Waals surface area contributed by atoms with Crippen LogP contribution in [0.1, 0.15) is 12.8 Å². The number of nitrogens with zero attached hydrogens (tertiary/aromatic N) is 2. The van der Waals surface area contributed by atoms with Gasteiger partial charge in [-0.05, 0) is 18.2 Å². The van der Waals surface area contributed by atoms with Crippen LogP contribution in [0.3, 0.4) is 0 Å². The Kier molecular flexibility index (Phi) is 4.02. The molecule has 0 atom stereocenters. The standard InChI is InChI=1S/C13H16N2O5S/c1-14(2)21(18,19)9-4-5-11(20-3)10(8-9)15-12(16)6-7-13(15)17/h4-5,8H,6-7H2,1-3H3. The van der Waals surface area contributed by atoms with Gasteiger partial charge in [0, 0.05) is 26.9 Å². The van der Waals surface area contributed by atoms with Crippen LogP contribution in [0.15, 0.2) is 23.1 Å². The second-order valence-electron chi connectivity index (χ2n) is 4.74. The van der Waals surface area contributed by atoms with E-state index in [0.717, 1.165) is 9.21 Å². The number of ether oxygens (including phenoxy) is 1. The highest BCUT2D eigenvalue weighted by atomic mass is 32.2. The van der Waals surface area contributed by atoms with Crippen LogP contribution < -0.4 is 9.64 Å². The average Bonchev–Trinajstić information content (AvgIpc) is 2.77. The summed E-state index contributed by atoms with van der Waals surface area (Å²) in [5.74, 6) is -0.452. The van der Waals surface area contributed by atoms with E-state index in [1.54, 1.807) is 0 Å². The Morgan fingerprint density at radius 1 is 1.14 bits per heavy atom. The Hall–Kier alpha value is -1.93. The molecule has 0 aliphatic carbocycles. The smallest absolute Gasteiger partial charge is 0.242 e. The Morgan fingerprint density at radius 2 is 1.71 bits per heavy atom. The monoisotopic (exact) mass is 312 g/mol. The molecule has 8 heteroatoms. The summed E-state index contributed by atoms with van der Waals surface area (Å²) in [4.78, 5) is 24.7. The Labute approximate surface area is 123 Å². The van der Waals surface area contributed by atoms with Crippen molar-refractivity contribution in [2.75, 3.05) is 26.1 Å². The van der Waals surface area contributed by atoms with Crippen molar-refractivity contribution < 1.29 is 22.7 Å². The van der Waals surface area contributed by atoms with E-state index in [1.807, 2.05) is 0 Å². The van der Waals surface area contributed by atoms with E-state index in [0.29, 0.717) is 0 Å². The molecule has 0 radical (unpaired) electrons. The quantitative estimate of drug-likeness (QED) is 0.760. The van der Waals surface area contributed by atoms with Gasteiger partial charge in [-0.15, -0.1) is 0 Å². The minimum absolute atomic E-state index is 0.00389. The number of sulfonamides is 1. The fourth-order valence-electron chi connectivity index (χ4n) is 2.06. The van der Waals surface area contributed by atoms with E-state index < -0.39 is 10.0 Å². The van der Waals surface area contributed by atoms with Gasteiger partial charge in [0.1, 0.15) is 5.75 Å². The molecule has 0 saturated carbocycles. The van der Waals surface area contributed by atoms with Crippen molar-refractivity contribution in [2.45, 2.75) is 17.7 Å². The van der Waals surface area contributed by atoms with Crippen LogP contribution in [0.5, 0.6) is 5.75 Å². The first-order chi connectivity index (χ1) is 9.78. The summed E-state index contributed by atoms with van der Waals surface area (Å²) in [6.45, 7) is 0. The number of imide groups is 1. The number of amides is 2. The first kappa shape index (κ1) is 15.5. The van der Waals surface area contributed by atoms with Crippen molar-refractivity contribution in [1.29, 1.82) is 0 Å². The lowest BCUT2D eigenvalue weighted by Gasteiger charge is -2.19. The maximum Gasteiger partial charge on any atom is 0.242 e. The summed E-state index contributed by atoms with van der Waals surface area (Å²) in [7, 11) is 0.549. The maximum absolute atomic E-state index is 12.2. The lowest BCUT2D eigenvalue weighted by molar-refractivity contribution is -0.121. The third-order valence-electron chi connectivity index (χ3n) is 3.22. The van der Waals surface area contributed by atoms with Crippen molar-refractivity contribution in [3.8, 4) is 5.75 Å². The molecule has 0 spiro atoms. The van der Waals surface area contributed by atoms with Gasteiger partial charge in [-0.2, -0.15) is 0 Å². The minimum atomic E-state index is -3.66. The zero-order valence-corrected chi connectivity index (χ0v) is 12.8. The molecule has 21 heavy (non-hydrogen) atoms. The average molecular weight is 312 g/mol. The van der Waals surface area contributed by atoms with Gasteiger partial charge in [0.2, 0.25) is 21.8 Å². The lowest BCUT2D eigenvalue weighted by Crippen LogP contribution is -2.29. The van der Waals surface area contributed by atoms with E-state index >= 15 is 0 Å². The molecule has 114 valence electrons. The Bertz CT molecular complexity index is 681. The zero-order chi connectivity index (χ0) is 15.8. The predicted octanol–water partition coefficient (Wildman–Crippen LogP) is 0.599. The summed E-state index contributed by atoms with van der Waals surface area (Å²) >= 11 is 0. The first-order valence-electron chi connectivity index (χ1n) is 6.25. The maximum atomic E-state index is 12.2. The molecule has 1 heterocycles. The molecule has 0 aromatic heterocycles. The molecule has 0 unspecified atom stereocenters. The van der Waals surface area contributed by atoms with Gasteiger partial charge >= 0.3 is 0 Å². The van der Waals surface area contributed by atoms with E-state index in [2.05, 4.69) is 0 Å². The SMILES string of the molecule is COc1ccc(S(=O)(=O)N(C)C)cc1N1C(=O)CCC1=O. The van der Waals surface area contributed by atoms with Gasteiger partial charge in [-0.1, -0.05) is 0 Å². The highest BCUT2D eigenvalue weighted by molar-refractivity contribution is 7.89. The number of carbonyl (C=O) groups is 2. The van der Waals surface area contributed by atoms with E-state index in [4.69, 9.17) is 4.74 Å². The topological polar surface area (TPSA) is 84.0 Å². The Balaban J connectivity index is 2.59. The van der Waals surface area contributed by atoms with Gasteiger partial charge < -0.3 is 4.74 Å². The molecular weight excluding hydrogens is 296 g/mol. The van der Waals surface area contributed by atoms with Crippen molar-refractivity contribution in [3.05, 3.63) is 18.2 Å². The number of benzene rings is 1. The molecule has 2 rings (SSSR count). The molecule has 7 nitrogen and oxygen atoms in total. The number of anilines is 1. The second kappa shape index (κ2) is 5.45. The minimum Gasteiger partial charge on any atom is -0.495 e. The third kappa shape index (κ3) is 2.64. The third-order valence-corrected chi connectivity index (χ3v) is 5.03. The Morgan fingerprint density at radius 3 is 2.19 bits per heavy atom. The number of methoxy groups -OCH3 is 1. The molecular formula is C13H16N2O5S. The van der Waals surface area contributed by atoms with Gasteiger partial charge in [-0.3, -0.25) is 9.59 Å². The molecule has 1 saturated heterocycles. The molecule has 1 aliphatic rings. The van der Waals surface area contributed by atoms with E-state index in [9.17, 15) is 18.0 Å². The van der Waals surface area contributed by atoms with Crippen LogP contribution in [0, 0.1) is 0 Å². The van der Waals surface area contributed by atoms with Crippen molar-refractivity contribution in [3.63, 3.8) is 0 Å². The molecule has 0 bridgehead atoms. The van der Waals surface area contributed by atoms with E-state index in [-0.39, 0.29) is 41.0 Å². The fourth-order valence-corrected chi connectivity index (χ4v) is 2.98. The highest BCUT2D eigenvalue weighted by Gasteiger charge is 2.33. The zero-order valence-electron chi connectivity index (χ0n) is 12.0. The van der Waals surface area contributed by atoms with Crippen LogP contribution in [0.2, 0.25) is 0 Å². The molecule has 2 amide bonds. The summed E-state index contributed by atoms with van der Waals surface area (Å²) in [5.41, 5.74) is 0.160.